The van der Waals surface area contributed by atoms with E-state index >= 15 is 0 Å². The predicted octanol–water partition coefficient (Wildman–Crippen LogP) is 3.92. The fourth-order valence-electron chi connectivity index (χ4n) is 4.25. The molecule has 3 amide bonds. The Labute approximate surface area is 205 Å². The summed E-state index contributed by atoms with van der Waals surface area (Å²) in [7, 11) is 0. The molecule has 2 aromatic rings. The van der Waals surface area contributed by atoms with Gasteiger partial charge < -0.3 is 14.7 Å². The number of thioether (sulfide) groups is 1. The molecule has 0 aliphatic carbocycles. The van der Waals surface area contributed by atoms with Gasteiger partial charge in [-0.15, -0.1) is 0 Å². The maximum Gasteiger partial charge on any atom is 0.294 e. The van der Waals surface area contributed by atoms with Gasteiger partial charge in [-0.25, -0.2) is 0 Å². The zero-order chi connectivity index (χ0) is 24.1. The summed E-state index contributed by atoms with van der Waals surface area (Å²) < 4.78 is 0. The molecule has 0 radical (unpaired) electrons. The minimum absolute atomic E-state index is 0.195. The monoisotopic (exact) mass is 478 g/mol. The maximum atomic E-state index is 12.9. The van der Waals surface area contributed by atoms with Gasteiger partial charge in [-0.2, -0.15) is 0 Å². The van der Waals surface area contributed by atoms with Gasteiger partial charge in [0.2, 0.25) is 5.91 Å². The molecule has 8 heteroatoms. The van der Waals surface area contributed by atoms with Crippen LogP contribution in [0.5, 0.6) is 0 Å². The summed E-state index contributed by atoms with van der Waals surface area (Å²) in [5.41, 5.74) is 3.11. The van der Waals surface area contributed by atoms with Crippen LogP contribution in [-0.4, -0.2) is 72.7 Å². The van der Waals surface area contributed by atoms with E-state index in [1.807, 2.05) is 42.5 Å². The second kappa shape index (κ2) is 10.8. The van der Waals surface area contributed by atoms with Crippen LogP contribution in [0, 0.1) is 0 Å². The van der Waals surface area contributed by atoms with Crippen LogP contribution < -0.4 is 9.80 Å². The van der Waals surface area contributed by atoms with Crippen molar-refractivity contribution in [2.24, 2.45) is 0 Å². The molecule has 4 rings (SSSR count). The molecule has 178 valence electrons. The third kappa shape index (κ3) is 5.28. The molecule has 0 aromatic heterocycles. The van der Waals surface area contributed by atoms with E-state index in [4.69, 9.17) is 0 Å². The van der Waals surface area contributed by atoms with Crippen molar-refractivity contribution in [2.75, 3.05) is 55.6 Å². The summed E-state index contributed by atoms with van der Waals surface area (Å²) in [6.07, 6.45) is 1.72. The third-order valence-electron chi connectivity index (χ3n) is 6.24. The Kier molecular flexibility index (Phi) is 7.57. The number of hydrogen-bond acceptors (Lipinski definition) is 6. The zero-order valence-corrected chi connectivity index (χ0v) is 20.5. The maximum absolute atomic E-state index is 12.9. The van der Waals surface area contributed by atoms with E-state index in [1.165, 1.54) is 0 Å². The number of amides is 3. The van der Waals surface area contributed by atoms with Crippen molar-refractivity contribution in [3.05, 3.63) is 65.1 Å². The van der Waals surface area contributed by atoms with Gasteiger partial charge in [-0.05, 0) is 61.5 Å². The normalized spacial score (nSPS) is 17.6. The molecule has 34 heavy (non-hydrogen) atoms. The molecule has 0 unspecified atom stereocenters. The minimum Gasteiger partial charge on any atom is -0.372 e. The molecule has 2 aromatic carbocycles. The lowest BCUT2D eigenvalue weighted by molar-refractivity contribution is -0.136. The lowest BCUT2D eigenvalue weighted by Crippen LogP contribution is -2.51. The molecule has 2 aliphatic heterocycles. The number of nitrogens with zero attached hydrogens (tertiary/aromatic N) is 4. The van der Waals surface area contributed by atoms with E-state index in [9.17, 15) is 14.4 Å². The quantitative estimate of drug-likeness (QED) is 0.562. The number of carbonyl (C=O) groups excluding carboxylic acids is 3. The van der Waals surface area contributed by atoms with Crippen molar-refractivity contribution >= 4 is 46.3 Å². The van der Waals surface area contributed by atoms with Crippen molar-refractivity contribution in [1.82, 2.24) is 9.80 Å². The highest BCUT2D eigenvalue weighted by Crippen LogP contribution is 2.32. The number of rotatable bonds is 7. The Hall–Kier alpha value is -3.26. The molecular formula is C26H30N4O3S. The van der Waals surface area contributed by atoms with E-state index in [0.29, 0.717) is 18.0 Å². The first-order valence-electron chi connectivity index (χ1n) is 11.7. The molecule has 7 nitrogen and oxygen atoms in total. The van der Waals surface area contributed by atoms with E-state index in [-0.39, 0.29) is 12.5 Å². The first-order chi connectivity index (χ1) is 16.5. The van der Waals surface area contributed by atoms with Gasteiger partial charge in [0.25, 0.3) is 11.1 Å². The van der Waals surface area contributed by atoms with Gasteiger partial charge in [0.05, 0.1) is 4.91 Å². The number of benzene rings is 2. The lowest BCUT2D eigenvalue weighted by atomic mass is 10.1. The molecule has 2 heterocycles. The summed E-state index contributed by atoms with van der Waals surface area (Å²) in [5, 5.41) is -0.396. The van der Waals surface area contributed by atoms with Gasteiger partial charge in [-0.3, -0.25) is 19.3 Å². The predicted molar refractivity (Wildman–Crippen MR) is 138 cm³/mol. The van der Waals surface area contributed by atoms with E-state index in [1.54, 1.807) is 11.0 Å². The molecule has 2 saturated heterocycles. The summed E-state index contributed by atoms with van der Waals surface area (Å²) in [4.78, 5) is 45.8. The Morgan fingerprint density at radius 2 is 1.59 bits per heavy atom. The molecule has 0 spiro atoms. The number of anilines is 2. The topological polar surface area (TPSA) is 64.2 Å². The van der Waals surface area contributed by atoms with Crippen LogP contribution in [0.4, 0.5) is 16.2 Å². The zero-order valence-electron chi connectivity index (χ0n) is 19.6. The lowest BCUT2D eigenvalue weighted by Gasteiger charge is -2.36. The molecule has 2 fully saturated rings. The number of carbonyl (C=O) groups is 3. The Morgan fingerprint density at radius 1 is 0.941 bits per heavy atom. The first kappa shape index (κ1) is 23.9. The molecule has 0 atom stereocenters. The van der Waals surface area contributed by atoms with Gasteiger partial charge in [0, 0.05) is 50.6 Å². The molecular weight excluding hydrogens is 448 g/mol. The highest BCUT2D eigenvalue weighted by atomic mass is 32.2. The summed E-state index contributed by atoms with van der Waals surface area (Å²) in [6, 6.07) is 18.0. The molecule has 0 bridgehead atoms. The van der Waals surface area contributed by atoms with Gasteiger partial charge in [-0.1, -0.05) is 30.3 Å². The smallest absolute Gasteiger partial charge is 0.294 e. The Balaban J connectivity index is 1.35. The summed E-state index contributed by atoms with van der Waals surface area (Å²) in [6.45, 7) is 8.43. The number of imide groups is 1. The van der Waals surface area contributed by atoms with Gasteiger partial charge >= 0.3 is 0 Å². The SMILES string of the molecule is CCN(CC)c1ccc(/C=C2/SC(=O)N(CC(=O)N3CCN(c4ccccc4)CC3)C2=O)cc1. The van der Waals surface area contributed by atoms with Crippen molar-refractivity contribution < 1.29 is 14.4 Å². The minimum atomic E-state index is -0.404. The number of piperazine rings is 1. The van der Waals surface area contributed by atoms with E-state index in [2.05, 4.69) is 35.8 Å². The fraction of sp³-hybridized carbons (Fsp3) is 0.346. The highest BCUT2D eigenvalue weighted by Gasteiger charge is 2.37. The number of para-hydroxylation sites is 1. The van der Waals surface area contributed by atoms with E-state index in [0.717, 1.165) is 59.8 Å². The van der Waals surface area contributed by atoms with Crippen LogP contribution >= 0.6 is 11.8 Å². The van der Waals surface area contributed by atoms with Crippen LogP contribution in [0.25, 0.3) is 6.08 Å². The largest absolute Gasteiger partial charge is 0.372 e. The van der Waals surface area contributed by atoms with E-state index < -0.39 is 11.1 Å². The van der Waals surface area contributed by atoms with Crippen LogP contribution in [0.15, 0.2) is 59.5 Å². The molecule has 0 N–H and O–H groups in total. The van der Waals surface area contributed by atoms with Crippen molar-refractivity contribution in [3.63, 3.8) is 0 Å². The average Bonchev–Trinajstić information content (AvgIpc) is 3.13. The second-order valence-corrected chi connectivity index (χ2v) is 9.23. The second-order valence-electron chi connectivity index (χ2n) is 8.24. The van der Waals surface area contributed by atoms with Crippen LogP contribution in [0.3, 0.4) is 0 Å². The van der Waals surface area contributed by atoms with Crippen LogP contribution in [0.2, 0.25) is 0 Å². The molecule has 2 aliphatic rings. The Morgan fingerprint density at radius 3 is 2.21 bits per heavy atom. The van der Waals surface area contributed by atoms with Crippen LogP contribution in [0.1, 0.15) is 19.4 Å². The van der Waals surface area contributed by atoms with Crippen molar-refractivity contribution in [3.8, 4) is 0 Å². The van der Waals surface area contributed by atoms with Crippen molar-refractivity contribution in [2.45, 2.75) is 13.8 Å². The average molecular weight is 479 g/mol. The van der Waals surface area contributed by atoms with Gasteiger partial charge in [0.1, 0.15) is 6.54 Å². The van der Waals surface area contributed by atoms with Gasteiger partial charge in [0.15, 0.2) is 0 Å². The first-order valence-corrected chi connectivity index (χ1v) is 12.5. The summed E-state index contributed by atoms with van der Waals surface area (Å²) >= 11 is 0.892. The van der Waals surface area contributed by atoms with Crippen LogP contribution in [-0.2, 0) is 9.59 Å². The number of hydrogen-bond donors (Lipinski definition) is 0. The standard InChI is InChI=1S/C26H30N4O3S/c1-3-27(4-2)22-12-10-20(11-13-22)18-23-25(32)30(26(33)34-23)19-24(31)29-16-14-28(15-17-29)21-8-6-5-7-9-21/h5-13,18H,3-4,14-17,19H2,1-2H3/b23-18+. The fourth-order valence-corrected chi connectivity index (χ4v) is 5.08. The highest BCUT2D eigenvalue weighted by molar-refractivity contribution is 8.18. The summed E-state index contributed by atoms with van der Waals surface area (Å²) in [5.74, 6) is -0.598. The molecule has 0 saturated carbocycles. The van der Waals surface area contributed by atoms with Crippen molar-refractivity contribution in [1.29, 1.82) is 0 Å². The Bertz CT molecular complexity index is 1060. The third-order valence-corrected chi connectivity index (χ3v) is 7.15.